The van der Waals surface area contributed by atoms with Gasteiger partial charge in [-0.25, -0.2) is 10.4 Å². The van der Waals surface area contributed by atoms with Crippen molar-refractivity contribution >= 4 is 28.7 Å². The molecule has 2 amide bonds. The van der Waals surface area contributed by atoms with Crippen LogP contribution < -0.4 is 10.7 Å². The fourth-order valence-corrected chi connectivity index (χ4v) is 10.3. The Morgan fingerprint density at radius 1 is 1.07 bits per heavy atom. The number of nitrogens with zero attached hydrogens (tertiary/aromatic N) is 5. The molecule has 5 fully saturated rings. The van der Waals surface area contributed by atoms with Gasteiger partial charge in [-0.05, 0) is 80.7 Å². The molecule has 4 aliphatic heterocycles. The van der Waals surface area contributed by atoms with E-state index in [0.29, 0.717) is 69.7 Å². The minimum Gasteiger partial charge on any atom is -0.464 e. The van der Waals surface area contributed by atoms with Crippen LogP contribution in [0.25, 0.3) is 33.4 Å². The molecule has 2 N–H and O–H groups in total. The number of hydrogen-bond acceptors (Lipinski definition) is 11. The second kappa shape index (κ2) is 14.8. The number of hydrazine groups is 1. The number of esters is 1. The number of methoxy groups -OCH3 is 1. The summed E-state index contributed by atoms with van der Waals surface area (Å²) in [5, 5.41) is 5.79. The molecular formula is C46H57N7O7. The summed E-state index contributed by atoms with van der Waals surface area (Å²) in [6, 6.07) is 8.49. The number of cyclic esters (lactones) is 1. The molecule has 6 bridgehead atoms. The number of aromatic nitrogens is 3. The predicted octanol–water partition coefficient (Wildman–Crippen LogP) is 5.78. The molecule has 7 heterocycles. The Bertz CT molecular complexity index is 2330. The molecule has 4 aromatic rings. The fraction of sp³-hybridized carbons (Fsp3) is 0.587. The third kappa shape index (κ3) is 6.83. The van der Waals surface area contributed by atoms with Crippen molar-refractivity contribution in [3.63, 3.8) is 0 Å². The monoisotopic (exact) mass is 819 g/mol. The lowest BCUT2D eigenvalue weighted by molar-refractivity contribution is -0.204. The standard InChI is InChI=1S/C46H57N7O7/c1-25-26(2)36(25)41(54)49-38-40(51-20-46(21-51)23-58-24-46)42-48-34(19-59-42)28-11-14-35-31(17-28)32(18-45(4,5)22-60-44(56)33-10-8-16-52(50-33)43(38)55)39(53(35)29-12-13-29)30-9-7-15-47-37(30)27(3)57-6/h7,9,11,14-15,17,19,25-27,29,33,36,38,40,50H,8,10,12-13,16,18,20-24H2,1-6H3,(H,49,54)/t25-,26+,27-,33-,36?,38-,40-/m0/s1. The van der Waals surface area contributed by atoms with Crippen molar-refractivity contribution in [2.24, 2.45) is 28.6 Å². The summed E-state index contributed by atoms with van der Waals surface area (Å²) >= 11 is 0. The van der Waals surface area contributed by atoms with Crippen molar-refractivity contribution in [2.75, 3.05) is 46.6 Å². The van der Waals surface area contributed by atoms with E-state index in [1.807, 2.05) is 19.2 Å². The Kier molecular flexibility index (Phi) is 9.73. The lowest BCUT2D eigenvalue weighted by Gasteiger charge is -2.57. The van der Waals surface area contributed by atoms with Gasteiger partial charge in [-0.3, -0.25) is 29.3 Å². The Hall–Kier alpha value is -4.63. The van der Waals surface area contributed by atoms with E-state index in [2.05, 4.69) is 72.2 Å². The summed E-state index contributed by atoms with van der Waals surface area (Å²) < 4.78 is 26.6. The lowest BCUT2D eigenvalue weighted by atomic mass is 9.76. The van der Waals surface area contributed by atoms with Gasteiger partial charge in [0, 0.05) is 77.8 Å². The third-order valence-corrected chi connectivity index (χ3v) is 14.2. The molecule has 60 heavy (non-hydrogen) atoms. The van der Waals surface area contributed by atoms with Crippen molar-refractivity contribution in [3.05, 3.63) is 59.9 Å². The summed E-state index contributed by atoms with van der Waals surface area (Å²) in [4.78, 5) is 55.1. The molecule has 2 aliphatic carbocycles. The van der Waals surface area contributed by atoms with Crippen LogP contribution in [0.5, 0.6) is 0 Å². The summed E-state index contributed by atoms with van der Waals surface area (Å²) in [7, 11) is 1.71. The Labute approximate surface area is 350 Å². The first-order chi connectivity index (χ1) is 28.8. The third-order valence-electron chi connectivity index (χ3n) is 14.2. The van der Waals surface area contributed by atoms with Gasteiger partial charge in [0.05, 0.1) is 37.3 Å². The molecule has 6 aliphatic rings. The maximum atomic E-state index is 14.9. The second-order valence-corrected chi connectivity index (χ2v) is 19.4. The topological polar surface area (TPSA) is 153 Å². The molecule has 1 spiro atoms. The number of likely N-dealkylation sites (tertiary alicyclic amines) is 1. The lowest BCUT2D eigenvalue weighted by Crippen LogP contribution is -2.70. The van der Waals surface area contributed by atoms with Gasteiger partial charge in [0.2, 0.25) is 11.8 Å². The number of carbonyl (C=O) groups is 3. The average molecular weight is 820 g/mol. The van der Waals surface area contributed by atoms with Crippen LogP contribution in [-0.2, 0) is 35.0 Å². The minimum absolute atomic E-state index is 0.00755. The molecular weight excluding hydrogens is 763 g/mol. The summed E-state index contributed by atoms with van der Waals surface area (Å²) in [5.41, 5.74) is 9.55. The zero-order chi connectivity index (χ0) is 41.7. The molecule has 3 aromatic heterocycles. The van der Waals surface area contributed by atoms with Gasteiger partial charge in [0.1, 0.15) is 30.1 Å². The number of pyridine rings is 1. The second-order valence-electron chi connectivity index (χ2n) is 19.4. The summed E-state index contributed by atoms with van der Waals surface area (Å²) in [5.74, 6) is -0.306. The van der Waals surface area contributed by atoms with Crippen LogP contribution in [0, 0.1) is 28.6 Å². The molecule has 0 radical (unpaired) electrons. The van der Waals surface area contributed by atoms with Crippen molar-refractivity contribution in [1.82, 2.24) is 35.2 Å². The Morgan fingerprint density at radius 2 is 1.85 bits per heavy atom. The van der Waals surface area contributed by atoms with Gasteiger partial charge in [0.25, 0.3) is 5.91 Å². The van der Waals surface area contributed by atoms with Gasteiger partial charge < -0.3 is 28.5 Å². The number of rotatable bonds is 7. The normalized spacial score (nSPS) is 29.3. The quantitative estimate of drug-likeness (QED) is 0.218. The van der Waals surface area contributed by atoms with Crippen molar-refractivity contribution < 1.29 is 33.0 Å². The van der Waals surface area contributed by atoms with E-state index in [-0.39, 0.29) is 47.7 Å². The van der Waals surface area contributed by atoms with Crippen LogP contribution >= 0.6 is 0 Å². The van der Waals surface area contributed by atoms with Gasteiger partial charge in [-0.15, -0.1) is 0 Å². The first kappa shape index (κ1) is 39.5. The minimum atomic E-state index is -1.03. The zero-order valence-electron chi connectivity index (χ0n) is 35.5. The predicted molar refractivity (Wildman–Crippen MR) is 222 cm³/mol. The van der Waals surface area contributed by atoms with E-state index >= 15 is 0 Å². The smallest absolute Gasteiger partial charge is 0.324 e. The SMILES string of the molecule is CO[C@@H](C)c1ncccc1-c1c2c3cc(ccc3n1C1CC1)-c1coc(n1)[C@@H](N1CC3(COC3)C1)[C@H](NC(=O)C1[C@@H](C)[C@H]1C)C(=O)N1CCC[C@H](N1)C(=O)OCC(C)(C)C2. The first-order valence-corrected chi connectivity index (χ1v) is 21.8. The van der Waals surface area contributed by atoms with Gasteiger partial charge in [-0.1, -0.05) is 33.8 Å². The van der Waals surface area contributed by atoms with Gasteiger partial charge in [0.15, 0.2) is 0 Å². The summed E-state index contributed by atoms with van der Waals surface area (Å²) in [6.45, 7) is 13.6. The molecule has 14 heteroatoms. The number of hydrogen-bond donors (Lipinski definition) is 2. The van der Waals surface area contributed by atoms with Crippen LogP contribution in [-0.4, -0.2) is 101 Å². The molecule has 10 rings (SSSR count). The highest BCUT2D eigenvalue weighted by atomic mass is 16.5. The Balaban J connectivity index is 1.13. The maximum absolute atomic E-state index is 14.9. The number of oxazole rings is 1. The molecule has 1 aromatic carbocycles. The van der Waals surface area contributed by atoms with E-state index in [1.54, 1.807) is 13.4 Å². The highest BCUT2D eigenvalue weighted by molar-refractivity contribution is 5.95. The molecule has 14 nitrogen and oxygen atoms in total. The number of amides is 2. The summed E-state index contributed by atoms with van der Waals surface area (Å²) in [6.07, 6.45) is 7.14. The zero-order valence-corrected chi connectivity index (χ0v) is 35.5. The first-order valence-electron chi connectivity index (χ1n) is 21.8. The van der Waals surface area contributed by atoms with E-state index in [1.165, 1.54) is 5.01 Å². The highest BCUT2D eigenvalue weighted by Gasteiger charge is 2.56. The molecule has 2 saturated carbocycles. The Morgan fingerprint density at radius 3 is 2.55 bits per heavy atom. The number of carbonyl (C=O) groups excluding carboxylic acids is 3. The van der Waals surface area contributed by atoms with Crippen LogP contribution in [0.15, 0.2) is 47.2 Å². The van der Waals surface area contributed by atoms with Crippen LogP contribution in [0.2, 0.25) is 0 Å². The largest absolute Gasteiger partial charge is 0.464 e. The molecule has 7 atom stereocenters. The van der Waals surface area contributed by atoms with Crippen molar-refractivity contribution in [1.29, 1.82) is 0 Å². The van der Waals surface area contributed by atoms with Crippen molar-refractivity contribution in [2.45, 2.75) is 97.0 Å². The van der Waals surface area contributed by atoms with E-state index in [4.69, 9.17) is 28.6 Å². The number of benzene rings is 1. The van der Waals surface area contributed by atoms with Crippen LogP contribution in [0.3, 0.4) is 0 Å². The average Bonchev–Trinajstić information content (AvgIpc) is 4.06. The fourth-order valence-electron chi connectivity index (χ4n) is 10.3. The van der Waals surface area contributed by atoms with Crippen molar-refractivity contribution in [3.8, 4) is 22.5 Å². The molecule has 3 saturated heterocycles. The maximum Gasteiger partial charge on any atom is 0.324 e. The van der Waals surface area contributed by atoms with Gasteiger partial charge in [-0.2, -0.15) is 0 Å². The molecule has 318 valence electrons. The van der Waals surface area contributed by atoms with Gasteiger partial charge >= 0.3 is 5.97 Å². The van der Waals surface area contributed by atoms with Crippen LogP contribution in [0.4, 0.5) is 0 Å². The highest BCUT2D eigenvalue weighted by Crippen LogP contribution is 2.50. The number of nitrogens with one attached hydrogen (secondary N) is 2. The van der Waals surface area contributed by atoms with E-state index in [9.17, 15) is 14.4 Å². The van der Waals surface area contributed by atoms with Crippen LogP contribution in [0.1, 0.15) is 95.6 Å². The number of ether oxygens (including phenoxy) is 3. The van der Waals surface area contributed by atoms with E-state index < -0.39 is 29.5 Å². The number of fused-ring (bicyclic) bond motifs is 6. The van der Waals surface area contributed by atoms with E-state index in [0.717, 1.165) is 51.8 Å². The molecule has 1 unspecified atom stereocenters.